The predicted octanol–water partition coefficient (Wildman–Crippen LogP) is 0.349. The third-order valence-corrected chi connectivity index (χ3v) is 2.46. The SMILES string of the molecule is CNCc1ncn(C2CCOCC2)n1. The van der Waals surface area contributed by atoms with Gasteiger partial charge < -0.3 is 10.1 Å². The van der Waals surface area contributed by atoms with Gasteiger partial charge in [0.1, 0.15) is 6.33 Å². The molecule has 0 bridgehead atoms. The highest BCUT2D eigenvalue weighted by Crippen LogP contribution is 2.18. The van der Waals surface area contributed by atoms with E-state index in [4.69, 9.17) is 4.74 Å². The minimum absolute atomic E-state index is 0.474. The smallest absolute Gasteiger partial charge is 0.164 e. The molecule has 2 heterocycles. The zero-order valence-electron chi connectivity index (χ0n) is 8.44. The molecule has 0 aliphatic carbocycles. The molecule has 5 heteroatoms. The molecule has 0 spiro atoms. The first-order chi connectivity index (χ1) is 6.90. The first kappa shape index (κ1) is 9.61. The van der Waals surface area contributed by atoms with Crippen LogP contribution in [-0.2, 0) is 11.3 Å². The molecule has 1 aliphatic rings. The van der Waals surface area contributed by atoms with Gasteiger partial charge in [-0.25, -0.2) is 9.67 Å². The number of hydrogen-bond acceptors (Lipinski definition) is 4. The van der Waals surface area contributed by atoms with Crippen LogP contribution in [0.5, 0.6) is 0 Å². The van der Waals surface area contributed by atoms with Gasteiger partial charge in [-0.1, -0.05) is 0 Å². The third-order valence-electron chi connectivity index (χ3n) is 2.46. The van der Waals surface area contributed by atoms with Crippen molar-refractivity contribution in [2.24, 2.45) is 0 Å². The topological polar surface area (TPSA) is 52.0 Å². The quantitative estimate of drug-likeness (QED) is 0.758. The zero-order chi connectivity index (χ0) is 9.80. The fourth-order valence-corrected chi connectivity index (χ4v) is 1.68. The first-order valence-corrected chi connectivity index (χ1v) is 5.02. The molecule has 0 atom stereocenters. The summed E-state index contributed by atoms with van der Waals surface area (Å²) in [6.45, 7) is 2.41. The Bertz CT molecular complexity index is 280. The van der Waals surface area contributed by atoms with Crippen molar-refractivity contribution in [1.29, 1.82) is 0 Å². The van der Waals surface area contributed by atoms with Gasteiger partial charge in [0, 0.05) is 13.2 Å². The van der Waals surface area contributed by atoms with Crippen LogP contribution in [0, 0.1) is 0 Å². The van der Waals surface area contributed by atoms with Gasteiger partial charge >= 0.3 is 0 Å². The Morgan fingerprint density at radius 3 is 3.07 bits per heavy atom. The van der Waals surface area contributed by atoms with E-state index < -0.39 is 0 Å². The summed E-state index contributed by atoms with van der Waals surface area (Å²) in [4.78, 5) is 4.23. The van der Waals surface area contributed by atoms with E-state index in [1.807, 2.05) is 18.1 Å². The fourth-order valence-electron chi connectivity index (χ4n) is 1.68. The van der Waals surface area contributed by atoms with Crippen LogP contribution in [0.3, 0.4) is 0 Å². The lowest BCUT2D eigenvalue weighted by Gasteiger charge is -2.21. The molecule has 0 amide bonds. The van der Waals surface area contributed by atoms with Crippen molar-refractivity contribution in [2.75, 3.05) is 20.3 Å². The van der Waals surface area contributed by atoms with Crippen molar-refractivity contribution in [3.05, 3.63) is 12.2 Å². The van der Waals surface area contributed by atoms with Crippen molar-refractivity contribution in [1.82, 2.24) is 20.1 Å². The molecule has 1 aromatic rings. The monoisotopic (exact) mass is 196 g/mol. The molecule has 0 radical (unpaired) electrons. The maximum Gasteiger partial charge on any atom is 0.164 e. The van der Waals surface area contributed by atoms with Crippen LogP contribution < -0.4 is 5.32 Å². The van der Waals surface area contributed by atoms with Gasteiger partial charge in [0.25, 0.3) is 0 Å². The number of aromatic nitrogens is 3. The van der Waals surface area contributed by atoms with Crippen molar-refractivity contribution < 1.29 is 4.74 Å². The van der Waals surface area contributed by atoms with Crippen LogP contribution in [0.15, 0.2) is 6.33 Å². The van der Waals surface area contributed by atoms with Crippen LogP contribution in [0.25, 0.3) is 0 Å². The Balaban J connectivity index is 2.00. The molecule has 1 saturated heterocycles. The van der Waals surface area contributed by atoms with Crippen LogP contribution in [-0.4, -0.2) is 35.0 Å². The maximum atomic E-state index is 5.30. The lowest BCUT2D eigenvalue weighted by molar-refractivity contribution is 0.0660. The molecule has 1 aliphatic heterocycles. The molecular weight excluding hydrogens is 180 g/mol. The summed E-state index contributed by atoms with van der Waals surface area (Å²) in [5.74, 6) is 0.860. The summed E-state index contributed by atoms with van der Waals surface area (Å²) in [6.07, 6.45) is 3.91. The highest BCUT2D eigenvalue weighted by molar-refractivity contribution is 4.83. The molecule has 2 rings (SSSR count). The van der Waals surface area contributed by atoms with Gasteiger partial charge in [-0.3, -0.25) is 0 Å². The van der Waals surface area contributed by atoms with E-state index in [2.05, 4.69) is 15.4 Å². The number of nitrogens with one attached hydrogen (secondary N) is 1. The second kappa shape index (κ2) is 4.52. The van der Waals surface area contributed by atoms with E-state index in [0.29, 0.717) is 6.04 Å². The Hall–Kier alpha value is -0.940. The second-order valence-corrected chi connectivity index (χ2v) is 3.51. The summed E-state index contributed by atoms with van der Waals surface area (Å²) >= 11 is 0. The highest BCUT2D eigenvalue weighted by Gasteiger charge is 2.16. The van der Waals surface area contributed by atoms with E-state index in [1.54, 1.807) is 0 Å². The molecule has 1 aromatic heterocycles. The van der Waals surface area contributed by atoms with Crippen LogP contribution in [0.1, 0.15) is 24.7 Å². The normalized spacial score (nSPS) is 18.6. The van der Waals surface area contributed by atoms with Crippen molar-refractivity contribution in [3.63, 3.8) is 0 Å². The van der Waals surface area contributed by atoms with E-state index in [0.717, 1.165) is 38.4 Å². The Morgan fingerprint density at radius 1 is 1.57 bits per heavy atom. The molecule has 0 aromatic carbocycles. The highest BCUT2D eigenvalue weighted by atomic mass is 16.5. The number of ether oxygens (including phenoxy) is 1. The largest absolute Gasteiger partial charge is 0.381 e. The van der Waals surface area contributed by atoms with Gasteiger partial charge in [0.15, 0.2) is 5.82 Å². The van der Waals surface area contributed by atoms with Crippen molar-refractivity contribution in [3.8, 4) is 0 Å². The average molecular weight is 196 g/mol. The molecule has 5 nitrogen and oxygen atoms in total. The molecule has 78 valence electrons. The predicted molar refractivity (Wildman–Crippen MR) is 51.9 cm³/mol. The Kier molecular flexibility index (Phi) is 3.10. The minimum atomic E-state index is 0.474. The Labute approximate surface area is 83.5 Å². The summed E-state index contributed by atoms with van der Waals surface area (Å²) in [6, 6.07) is 0.474. The maximum absolute atomic E-state index is 5.30. The van der Waals surface area contributed by atoms with Gasteiger partial charge in [0.2, 0.25) is 0 Å². The minimum Gasteiger partial charge on any atom is -0.381 e. The standard InChI is InChI=1S/C9H16N4O/c1-10-6-9-11-7-13(12-9)8-2-4-14-5-3-8/h7-8,10H,2-6H2,1H3. The van der Waals surface area contributed by atoms with Crippen molar-refractivity contribution >= 4 is 0 Å². The third kappa shape index (κ3) is 2.10. The lowest BCUT2D eigenvalue weighted by atomic mass is 10.1. The van der Waals surface area contributed by atoms with Crippen LogP contribution in [0.4, 0.5) is 0 Å². The number of rotatable bonds is 3. The summed E-state index contributed by atoms with van der Waals surface area (Å²) in [5.41, 5.74) is 0. The van der Waals surface area contributed by atoms with Gasteiger partial charge in [-0.05, 0) is 19.9 Å². The van der Waals surface area contributed by atoms with E-state index in [1.165, 1.54) is 0 Å². The molecule has 14 heavy (non-hydrogen) atoms. The van der Waals surface area contributed by atoms with E-state index in [-0.39, 0.29) is 0 Å². The molecule has 0 unspecified atom stereocenters. The second-order valence-electron chi connectivity index (χ2n) is 3.51. The molecule has 1 N–H and O–H groups in total. The Morgan fingerprint density at radius 2 is 2.36 bits per heavy atom. The van der Waals surface area contributed by atoms with E-state index >= 15 is 0 Å². The molecular formula is C9H16N4O. The fraction of sp³-hybridized carbons (Fsp3) is 0.778. The van der Waals surface area contributed by atoms with Crippen LogP contribution >= 0.6 is 0 Å². The summed E-state index contributed by atoms with van der Waals surface area (Å²) < 4.78 is 7.27. The van der Waals surface area contributed by atoms with Gasteiger partial charge in [0.05, 0.1) is 12.6 Å². The lowest BCUT2D eigenvalue weighted by Crippen LogP contribution is -2.20. The summed E-state index contributed by atoms with van der Waals surface area (Å²) in [7, 11) is 1.90. The summed E-state index contributed by atoms with van der Waals surface area (Å²) in [5, 5.41) is 7.45. The molecule has 1 fully saturated rings. The zero-order valence-corrected chi connectivity index (χ0v) is 8.44. The van der Waals surface area contributed by atoms with Gasteiger partial charge in [-0.2, -0.15) is 5.10 Å². The van der Waals surface area contributed by atoms with E-state index in [9.17, 15) is 0 Å². The number of hydrogen-bond donors (Lipinski definition) is 1. The molecule has 0 saturated carbocycles. The van der Waals surface area contributed by atoms with Gasteiger partial charge in [-0.15, -0.1) is 0 Å². The number of nitrogens with zero attached hydrogens (tertiary/aromatic N) is 3. The average Bonchev–Trinajstić information content (AvgIpc) is 2.68. The van der Waals surface area contributed by atoms with Crippen LogP contribution in [0.2, 0.25) is 0 Å². The van der Waals surface area contributed by atoms with Crippen molar-refractivity contribution in [2.45, 2.75) is 25.4 Å². The first-order valence-electron chi connectivity index (χ1n) is 5.02.